The number of phenols is 1. The number of esters is 1. The zero-order valence-electron chi connectivity index (χ0n) is 19.8. The summed E-state index contributed by atoms with van der Waals surface area (Å²) in [5, 5.41) is 18.2. The van der Waals surface area contributed by atoms with Crippen LogP contribution in [0, 0.1) is 6.92 Å². The molecule has 37 heavy (non-hydrogen) atoms. The van der Waals surface area contributed by atoms with Gasteiger partial charge in [0, 0.05) is 27.6 Å². The summed E-state index contributed by atoms with van der Waals surface area (Å²) in [6, 6.07) is 17.4. The van der Waals surface area contributed by atoms with E-state index in [9.17, 15) is 14.7 Å². The molecule has 0 bridgehead atoms. The number of carbonyl (C=O) groups excluding carboxylic acids is 2. The van der Waals surface area contributed by atoms with Crippen molar-refractivity contribution in [1.82, 2.24) is 15.1 Å². The van der Waals surface area contributed by atoms with Gasteiger partial charge in [-0.05, 0) is 55.0 Å². The Bertz CT molecular complexity index is 1450. The molecule has 1 heterocycles. The third kappa shape index (κ3) is 5.91. The molecule has 0 spiro atoms. The average Bonchev–Trinajstić information content (AvgIpc) is 3.21. The van der Waals surface area contributed by atoms with E-state index in [1.807, 2.05) is 12.1 Å². The molecule has 3 aromatic carbocycles. The van der Waals surface area contributed by atoms with Crippen LogP contribution < -0.4 is 5.32 Å². The molecule has 4 rings (SSSR count). The Morgan fingerprint density at radius 3 is 2.27 bits per heavy atom. The van der Waals surface area contributed by atoms with Crippen LogP contribution in [0.5, 0.6) is 5.75 Å². The number of hydrogen-bond acceptors (Lipinski definition) is 5. The molecular weight excluding hydrogens is 537 g/mol. The van der Waals surface area contributed by atoms with Crippen molar-refractivity contribution in [1.29, 1.82) is 0 Å². The average molecular weight is 559 g/mol. The number of rotatable bonds is 7. The fourth-order valence-electron chi connectivity index (χ4n) is 3.92. The molecule has 0 saturated heterocycles. The predicted octanol–water partition coefficient (Wildman–Crippen LogP) is 6.03. The van der Waals surface area contributed by atoms with Gasteiger partial charge in [-0.2, -0.15) is 5.10 Å². The van der Waals surface area contributed by atoms with E-state index < -0.39 is 17.9 Å². The standard InChI is InChI=1S/C27H22Cl3N3O4/c1-15-24(26(35)31-22(27(36)37-2)13-16-3-10-20(34)11-4-16)32-33(23-12-9-19(29)14-21(23)30)25(15)17-5-7-18(28)8-6-17/h3-12,14,22,34H,13H2,1-2H3,(H,31,35)/t22-/m1/s1. The highest BCUT2D eigenvalue weighted by Crippen LogP contribution is 2.33. The van der Waals surface area contributed by atoms with E-state index in [1.54, 1.807) is 54.1 Å². The highest BCUT2D eigenvalue weighted by Gasteiger charge is 2.28. The van der Waals surface area contributed by atoms with Crippen molar-refractivity contribution in [2.24, 2.45) is 0 Å². The quantitative estimate of drug-likeness (QED) is 0.270. The summed E-state index contributed by atoms with van der Waals surface area (Å²) in [7, 11) is 1.25. The summed E-state index contributed by atoms with van der Waals surface area (Å²) in [4.78, 5) is 26.0. The molecule has 7 nitrogen and oxygen atoms in total. The zero-order chi connectivity index (χ0) is 26.7. The lowest BCUT2D eigenvalue weighted by atomic mass is 10.0. The number of hydrogen-bond donors (Lipinski definition) is 2. The summed E-state index contributed by atoms with van der Waals surface area (Å²) in [6.07, 6.45) is 0.158. The molecule has 0 aliphatic heterocycles. The van der Waals surface area contributed by atoms with E-state index >= 15 is 0 Å². The minimum absolute atomic E-state index is 0.0964. The van der Waals surface area contributed by atoms with Crippen LogP contribution in [0.25, 0.3) is 16.9 Å². The third-order valence-corrected chi connectivity index (χ3v) is 6.55. The van der Waals surface area contributed by atoms with Crippen LogP contribution in [0.2, 0.25) is 15.1 Å². The molecule has 4 aromatic rings. The Labute approximate surface area is 228 Å². The van der Waals surface area contributed by atoms with Crippen molar-refractivity contribution in [2.75, 3.05) is 7.11 Å². The van der Waals surface area contributed by atoms with E-state index in [0.29, 0.717) is 32.0 Å². The molecular formula is C27H22Cl3N3O4. The van der Waals surface area contributed by atoms with Crippen molar-refractivity contribution in [3.05, 3.63) is 98.6 Å². The topological polar surface area (TPSA) is 93.4 Å². The van der Waals surface area contributed by atoms with Gasteiger partial charge in [-0.25, -0.2) is 9.48 Å². The number of nitrogens with one attached hydrogen (secondary N) is 1. The maximum absolute atomic E-state index is 13.5. The zero-order valence-corrected chi connectivity index (χ0v) is 22.1. The van der Waals surface area contributed by atoms with E-state index in [2.05, 4.69) is 10.4 Å². The van der Waals surface area contributed by atoms with Crippen molar-refractivity contribution >= 4 is 46.7 Å². The van der Waals surface area contributed by atoms with Crippen molar-refractivity contribution in [3.63, 3.8) is 0 Å². The number of aromatic hydroxyl groups is 1. The molecule has 2 N–H and O–H groups in total. The number of aromatic nitrogens is 2. The summed E-state index contributed by atoms with van der Waals surface area (Å²) in [5.74, 6) is -1.08. The molecule has 0 radical (unpaired) electrons. The SMILES string of the molecule is COC(=O)[C@@H](Cc1ccc(O)cc1)NC(=O)c1nn(-c2ccc(Cl)cc2Cl)c(-c2ccc(Cl)cc2)c1C. The Hall–Kier alpha value is -3.52. The minimum Gasteiger partial charge on any atom is -0.508 e. The van der Waals surface area contributed by atoms with Gasteiger partial charge in [0.1, 0.15) is 11.8 Å². The molecule has 0 unspecified atom stereocenters. The molecule has 1 amide bonds. The van der Waals surface area contributed by atoms with Crippen LogP contribution in [0.3, 0.4) is 0 Å². The normalized spacial score (nSPS) is 11.7. The Morgan fingerprint density at radius 1 is 1.00 bits per heavy atom. The van der Waals surface area contributed by atoms with Crippen LogP contribution in [-0.4, -0.2) is 39.9 Å². The smallest absolute Gasteiger partial charge is 0.328 e. The molecule has 1 atom stereocenters. The molecule has 0 saturated carbocycles. The second-order valence-corrected chi connectivity index (χ2v) is 9.54. The number of phenolic OH excluding ortho intramolecular Hbond substituents is 1. The van der Waals surface area contributed by atoms with Crippen molar-refractivity contribution in [2.45, 2.75) is 19.4 Å². The van der Waals surface area contributed by atoms with Gasteiger partial charge < -0.3 is 15.2 Å². The number of nitrogens with zero attached hydrogens (tertiary/aromatic N) is 2. The van der Waals surface area contributed by atoms with Crippen LogP contribution in [0.4, 0.5) is 0 Å². The summed E-state index contributed by atoms with van der Waals surface area (Å²) < 4.78 is 6.48. The van der Waals surface area contributed by atoms with Crippen LogP contribution in [-0.2, 0) is 16.0 Å². The lowest BCUT2D eigenvalue weighted by molar-refractivity contribution is -0.142. The van der Waals surface area contributed by atoms with Gasteiger partial charge in [-0.15, -0.1) is 0 Å². The van der Waals surface area contributed by atoms with E-state index in [1.165, 1.54) is 19.2 Å². The summed E-state index contributed by atoms with van der Waals surface area (Å²) in [6.45, 7) is 1.76. The Kier molecular flexibility index (Phi) is 8.07. The first-order valence-corrected chi connectivity index (χ1v) is 12.3. The van der Waals surface area contributed by atoms with Gasteiger partial charge in [0.25, 0.3) is 5.91 Å². The molecule has 190 valence electrons. The Morgan fingerprint density at radius 2 is 1.65 bits per heavy atom. The molecule has 10 heteroatoms. The van der Waals surface area contributed by atoms with E-state index in [-0.39, 0.29) is 17.9 Å². The number of methoxy groups -OCH3 is 1. The lowest BCUT2D eigenvalue weighted by Crippen LogP contribution is -2.43. The van der Waals surface area contributed by atoms with Crippen LogP contribution >= 0.6 is 34.8 Å². The van der Waals surface area contributed by atoms with Crippen LogP contribution in [0.15, 0.2) is 66.7 Å². The highest BCUT2D eigenvalue weighted by atomic mass is 35.5. The van der Waals surface area contributed by atoms with Gasteiger partial charge in [-0.3, -0.25) is 4.79 Å². The molecule has 0 aliphatic rings. The second-order valence-electron chi connectivity index (χ2n) is 8.26. The number of benzene rings is 3. The summed E-state index contributed by atoms with van der Waals surface area (Å²) >= 11 is 18.7. The fraction of sp³-hybridized carbons (Fsp3) is 0.148. The first-order valence-electron chi connectivity index (χ1n) is 11.2. The van der Waals surface area contributed by atoms with Gasteiger partial charge in [0.2, 0.25) is 0 Å². The van der Waals surface area contributed by atoms with Gasteiger partial charge in [-0.1, -0.05) is 59.1 Å². The Balaban J connectivity index is 1.75. The number of carbonyl (C=O) groups is 2. The molecule has 0 fully saturated rings. The largest absolute Gasteiger partial charge is 0.508 e. The second kappa shape index (κ2) is 11.3. The maximum atomic E-state index is 13.5. The maximum Gasteiger partial charge on any atom is 0.328 e. The van der Waals surface area contributed by atoms with E-state index in [4.69, 9.17) is 39.5 Å². The number of halogens is 3. The van der Waals surface area contributed by atoms with Crippen LogP contribution in [0.1, 0.15) is 21.6 Å². The van der Waals surface area contributed by atoms with Gasteiger partial charge in [0.15, 0.2) is 5.69 Å². The van der Waals surface area contributed by atoms with Gasteiger partial charge >= 0.3 is 5.97 Å². The first-order chi connectivity index (χ1) is 17.7. The van der Waals surface area contributed by atoms with Crippen molar-refractivity contribution in [3.8, 4) is 22.7 Å². The monoisotopic (exact) mass is 557 g/mol. The third-order valence-electron chi connectivity index (χ3n) is 5.76. The predicted molar refractivity (Wildman–Crippen MR) is 144 cm³/mol. The molecule has 1 aromatic heterocycles. The van der Waals surface area contributed by atoms with Gasteiger partial charge in [0.05, 0.1) is 23.5 Å². The molecule has 0 aliphatic carbocycles. The summed E-state index contributed by atoms with van der Waals surface area (Å²) in [5.41, 5.74) is 3.30. The number of ether oxygens (including phenoxy) is 1. The minimum atomic E-state index is -0.982. The lowest BCUT2D eigenvalue weighted by Gasteiger charge is -2.16. The number of amides is 1. The first kappa shape index (κ1) is 26.5. The highest BCUT2D eigenvalue weighted by molar-refractivity contribution is 6.35. The van der Waals surface area contributed by atoms with Crippen molar-refractivity contribution < 1.29 is 19.4 Å². The fourth-order valence-corrected chi connectivity index (χ4v) is 4.53. The van der Waals surface area contributed by atoms with E-state index in [0.717, 1.165) is 11.1 Å².